The van der Waals surface area contributed by atoms with Crippen molar-refractivity contribution >= 4 is 28.8 Å². The minimum atomic E-state index is 0.0728. The summed E-state index contributed by atoms with van der Waals surface area (Å²) in [5, 5.41) is 2.54. The summed E-state index contributed by atoms with van der Waals surface area (Å²) in [4.78, 5) is 14.8. The second-order valence-electron chi connectivity index (χ2n) is 4.53. The molecule has 2 N–H and O–H groups in total. The van der Waals surface area contributed by atoms with E-state index in [4.69, 9.17) is 17.3 Å². The lowest BCUT2D eigenvalue weighted by Gasteiger charge is -2.31. The zero-order valence-electron chi connectivity index (χ0n) is 9.91. The van der Waals surface area contributed by atoms with Crippen LogP contribution in [0.25, 0.3) is 0 Å². The van der Waals surface area contributed by atoms with E-state index in [1.807, 2.05) is 17.2 Å². The van der Waals surface area contributed by atoms with Gasteiger partial charge < -0.3 is 10.6 Å². The van der Waals surface area contributed by atoms with Gasteiger partial charge in [0.1, 0.15) is 4.88 Å². The number of likely N-dealkylation sites (tertiary alicyclic amines) is 1. The van der Waals surface area contributed by atoms with Gasteiger partial charge >= 0.3 is 0 Å². The van der Waals surface area contributed by atoms with Crippen molar-refractivity contribution in [3.05, 3.63) is 20.8 Å². The van der Waals surface area contributed by atoms with Crippen molar-refractivity contribution in [3.8, 4) is 0 Å². The number of carbonyl (C=O) groups is 1. The standard InChI is InChI=1S/C12H17ClN2OS/c1-8-7-17-11(10(8)13)12(16)15-4-2-9(6-14)3-5-15/h7,9H,2-6,14H2,1H3. The Hall–Kier alpha value is -0.580. The highest BCUT2D eigenvalue weighted by Crippen LogP contribution is 2.29. The molecule has 5 heteroatoms. The highest BCUT2D eigenvalue weighted by Gasteiger charge is 2.25. The maximum absolute atomic E-state index is 12.2. The van der Waals surface area contributed by atoms with Crippen LogP contribution in [0.2, 0.25) is 5.02 Å². The fourth-order valence-electron chi connectivity index (χ4n) is 2.09. The first-order valence-corrected chi connectivity index (χ1v) is 7.12. The number of halogens is 1. The number of aryl methyl sites for hydroxylation is 1. The Morgan fingerprint density at radius 1 is 1.59 bits per heavy atom. The van der Waals surface area contributed by atoms with Crippen LogP contribution in [0.15, 0.2) is 5.38 Å². The van der Waals surface area contributed by atoms with Crippen molar-refractivity contribution in [2.75, 3.05) is 19.6 Å². The molecule has 0 saturated carbocycles. The summed E-state index contributed by atoms with van der Waals surface area (Å²) >= 11 is 7.56. The zero-order valence-corrected chi connectivity index (χ0v) is 11.5. The molecule has 0 spiro atoms. The third-order valence-electron chi connectivity index (χ3n) is 3.33. The largest absolute Gasteiger partial charge is 0.338 e. The fraction of sp³-hybridized carbons (Fsp3) is 0.583. The van der Waals surface area contributed by atoms with Gasteiger partial charge in [0.25, 0.3) is 5.91 Å². The minimum absolute atomic E-state index is 0.0728. The Morgan fingerprint density at radius 2 is 2.24 bits per heavy atom. The van der Waals surface area contributed by atoms with E-state index in [-0.39, 0.29) is 5.91 Å². The van der Waals surface area contributed by atoms with Crippen LogP contribution < -0.4 is 5.73 Å². The Labute approximate surface area is 111 Å². The number of piperidine rings is 1. The predicted molar refractivity (Wildman–Crippen MR) is 71.7 cm³/mol. The van der Waals surface area contributed by atoms with E-state index in [9.17, 15) is 4.79 Å². The van der Waals surface area contributed by atoms with E-state index in [2.05, 4.69) is 0 Å². The highest BCUT2D eigenvalue weighted by atomic mass is 35.5. The molecule has 2 heterocycles. The molecule has 0 radical (unpaired) electrons. The Balaban J connectivity index is 2.04. The first kappa shape index (κ1) is 12.9. The molecular weight excluding hydrogens is 256 g/mol. The van der Waals surface area contributed by atoms with Gasteiger partial charge in [-0.25, -0.2) is 0 Å². The summed E-state index contributed by atoms with van der Waals surface area (Å²) in [5.41, 5.74) is 6.62. The molecule has 1 fully saturated rings. The topological polar surface area (TPSA) is 46.3 Å². The van der Waals surface area contributed by atoms with Crippen LogP contribution in [0.1, 0.15) is 28.1 Å². The predicted octanol–water partition coefficient (Wildman–Crippen LogP) is 2.52. The highest BCUT2D eigenvalue weighted by molar-refractivity contribution is 7.13. The number of nitrogens with zero attached hydrogens (tertiary/aromatic N) is 1. The second kappa shape index (κ2) is 5.38. The lowest BCUT2D eigenvalue weighted by molar-refractivity contribution is 0.0698. The Morgan fingerprint density at radius 3 is 2.71 bits per heavy atom. The van der Waals surface area contributed by atoms with Gasteiger partial charge in [0, 0.05) is 13.1 Å². The lowest BCUT2D eigenvalue weighted by Crippen LogP contribution is -2.39. The van der Waals surface area contributed by atoms with Crippen LogP contribution in [0, 0.1) is 12.8 Å². The number of hydrogen-bond donors (Lipinski definition) is 1. The summed E-state index contributed by atoms with van der Waals surface area (Å²) in [5.74, 6) is 0.642. The van der Waals surface area contributed by atoms with Crippen LogP contribution in [-0.2, 0) is 0 Å². The molecule has 1 aromatic rings. The normalized spacial score (nSPS) is 17.5. The smallest absolute Gasteiger partial charge is 0.265 e. The fourth-order valence-corrected chi connectivity index (χ4v) is 3.33. The first-order valence-electron chi connectivity index (χ1n) is 5.86. The Bertz CT molecular complexity index is 411. The molecule has 0 aliphatic carbocycles. The van der Waals surface area contributed by atoms with E-state index < -0.39 is 0 Å². The van der Waals surface area contributed by atoms with E-state index >= 15 is 0 Å². The molecular formula is C12H17ClN2OS. The average molecular weight is 273 g/mol. The molecule has 0 unspecified atom stereocenters. The number of thiophene rings is 1. The van der Waals surface area contributed by atoms with Gasteiger partial charge in [0.2, 0.25) is 0 Å². The molecule has 0 aromatic carbocycles. The van der Waals surface area contributed by atoms with Crippen molar-refractivity contribution in [1.82, 2.24) is 4.90 Å². The van der Waals surface area contributed by atoms with Gasteiger partial charge in [-0.05, 0) is 43.2 Å². The molecule has 1 saturated heterocycles. The summed E-state index contributed by atoms with van der Waals surface area (Å²) < 4.78 is 0. The van der Waals surface area contributed by atoms with E-state index in [1.165, 1.54) is 11.3 Å². The van der Waals surface area contributed by atoms with Gasteiger partial charge in [-0.15, -0.1) is 11.3 Å². The monoisotopic (exact) mass is 272 g/mol. The molecule has 0 atom stereocenters. The number of nitrogens with two attached hydrogens (primary N) is 1. The molecule has 1 aromatic heterocycles. The average Bonchev–Trinajstić information content (AvgIpc) is 2.69. The number of rotatable bonds is 2. The van der Waals surface area contributed by atoms with Crippen molar-refractivity contribution in [2.24, 2.45) is 11.7 Å². The van der Waals surface area contributed by atoms with Crippen molar-refractivity contribution in [3.63, 3.8) is 0 Å². The number of amides is 1. The molecule has 17 heavy (non-hydrogen) atoms. The van der Waals surface area contributed by atoms with Crippen molar-refractivity contribution < 1.29 is 4.79 Å². The molecule has 1 aliphatic heterocycles. The summed E-state index contributed by atoms with van der Waals surface area (Å²) in [6, 6.07) is 0. The van der Waals surface area contributed by atoms with Crippen molar-refractivity contribution in [1.29, 1.82) is 0 Å². The van der Waals surface area contributed by atoms with E-state index in [1.54, 1.807) is 0 Å². The summed E-state index contributed by atoms with van der Waals surface area (Å²) in [6.07, 6.45) is 2.01. The van der Waals surface area contributed by atoms with Gasteiger partial charge in [-0.2, -0.15) is 0 Å². The SMILES string of the molecule is Cc1csc(C(=O)N2CCC(CN)CC2)c1Cl. The zero-order chi connectivity index (χ0) is 12.4. The first-order chi connectivity index (χ1) is 8.13. The minimum Gasteiger partial charge on any atom is -0.338 e. The van der Waals surface area contributed by atoms with Gasteiger partial charge in [-0.1, -0.05) is 11.6 Å². The van der Waals surface area contributed by atoms with Crippen molar-refractivity contribution in [2.45, 2.75) is 19.8 Å². The number of hydrogen-bond acceptors (Lipinski definition) is 3. The van der Waals surface area contributed by atoms with Gasteiger partial charge in [-0.3, -0.25) is 4.79 Å². The van der Waals surface area contributed by atoms with Crippen LogP contribution in [0.5, 0.6) is 0 Å². The van der Waals surface area contributed by atoms with Gasteiger partial charge in [0.05, 0.1) is 5.02 Å². The summed E-state index contributed by atoms with van der Waals surface area (Å²) in [7, 11) is 0. The van der Waals surface area contributed by atoms with Gasteiger partial charge in [0.15, 0.2) is 0 Å². The lowest BCUT2D eigenvalue weighted by atomic mass is 9.97. The molecule has 94 valence electrons. The number of carbonyl (C=O) groups excluding carboxylic acids is 1. The second-order valence-corrected chi connectivity index (χ2v) is 5.79. The maximum atomic E-state index is 12.2. The molecule has 3 nitrogen and oxygen atoms in total. The Kier molecular flexibility index (Phi) is 4.07. The van der Waals surface area contributed by atoms with Crippen LogP contribution in [-0.4, -0.2) is 30.4 Å². The van der Waals surface area contributed by atoms with E-state index in [0.29, 0.717) is 15.8 Å². The third kappa shape index (κ3) is 2.64. The third-order valence-corrected chi connectivity index (χ3v) is 5.01. The molecule has 2 rings (SSSR count). The molecule has 0 bridgehead atoms. The maximum Gasteiger partial charge on any atom is 0.265 e. The van der Waals surface area contributed by atoms with E-state index in [0.717, 1.165) is 38.0 Å². The quantitative estimate of drug-likeness (QED) is 0.899. The van der Waals surface area contributed by atoms with Crippen LogP contribution in [0.3, 0.4) is 0 Å². The van der Waals surface area contributed by atoms with Crippen LogP contribution >= 0.6 is 22.9 Å². The van der Waals surface area contributed by atoms with Crippen LogP contribution in [0.4, 0.5) is 0 Å². The molecule has 1 amide bonds. The molecule has 1 aliphatic rings. The summed E-state index contributed by atoms with van der Waals surface area (Å²) in [6.45, 7) is 4.25.